The molecule has 0 spiro atoms. The lowest BCUT2D eigenvalue weighted by Crippen LogP contribution is -2.14. The van der Waals surface area contributed by atoms with E-state index in [0.29, 0.717) is 11.8 Å². The van der Waals surface area contributed by atoms with Crippen molar-refractivity contribution in [2.45, 2.75) is 32.3 Å². The molecule has 6 nitrogen and oxygen atoms in total. The van der Waals surface area contributed by atoms with Crippen molar-refractivity contribution < 1.29 is 9.53 Å². The van der Waals surface area contributed by atoms with Gasteiger partial charge in [-0.3, -0.25) is 9.36 Å². The second-order valence-corrected chi connectivity index (χ2v) is 7.12. The van der Waals surface area contributed by atoms with Gasteiger partial charge in [0.1, 0.15) is 11.6 Å². The van der Waals surface area contributed by atoms with Crippen LogP contribution in [0.4, 0.5) is 5.69 Å². The van der Waals surface area contributed by atoms with E-state index < -0.39 is 0 Å². The highest BCUT2D eigenvalue weighted by molar-refractivity contribution is 7.99. The van der Waals surface area contributed by atoms with E-state index in [1.165, 1.54) is 17.3 Å². The van der Waals surface area contributed by atoms with Crippen molar-refractivity contribution in [3.05, 3.63) is 59.9 Å². The molecule has 28 heavy (non-hydrogen) atoms. The third-order valence-corrected chi connectivity index (χ3v) is 5.11. The first-order chi connectivity index (χ1) is 13.6. The monoisotopic (exact) mass is 396 g/mol. The van der Waals surface area contributed by atoms with Gasteiger partial charge in [-0.25, -0.2) is 0 Å². The lowest BCUT2D eigenvalue weighted by atomic mass is 10.1. The van der Waals surface area contributed by atoms with Crippen molar-refractivity contribution in [1.29, 1.82) is 0 Å². The van der Waals surface area contributed by atoms with Gasteiger partial charge < -0.3 is 10.1 Å². The summed E-state index contributed by atoms with van der Waals surface area (Å²) in [6.07, 6.45) is 0.995. The third kappa shape index (κ3) is 4.92. The molecule has 1 amide bonds. The number of hydrogen-bond acceptors (Lipinski definition) is 5. The van der Waals surface area contributed by atoms with Gasteiger partial charge >= 0.3 is 0 Å². The summed E-state index contributed by atoms with van der Waals surface area (Å²) in [4.78, 5) is 12.3. The number of nitrogens with zero attached hydrogens (tertiary/aromatic N) is 3. The van der Waals surface area contributed by atoms with Crippen molar-refractivity contribution in [2.75, 3.05) is 17.7 Å². The normalized spacial score (nSPS) is 10.7. The Balaban J connectivity index is 1.63. The molecule has 0 saturated heterocycles. The molecule has 0 bridgehead atoms. The number of ether oxygens (including phenoxy) is 1. The first kappa shape index (κ1) is 19.9. The molecular weight excluding hydrogens is 372 g/mol. The van der Waals surface area contributed by atoms with E-state index in [9.17, 15) is 4.79 Å². The van der Waals surface area contributed by atoms with Gasteiger partial charge in [-0.05, 0) is 62.2 Å². The second kappa shape index (κ2) is 9.41. The summed E-state index contributed by atoms with van der Waals surface area (Å²) < 4.78 is 7.37. The van der Waals surface area contributed by atoms with Crippen molar-refractivity contribution in [1.82, 2.24) is 14.8 Å². The van der Waals surface area contributed by atoms with E-state index in [-0.39, 0.29) is 11.7 Å². The lowest BCUT2D eigenvalue weighted by molar-refractivity contribution is -0.113. The number of carbonyl (C=O) groups excluding carboxylic acids is 1. The summed E-state index contributed by atoms with van der Waals surface area (Å²) in [7, 11) is 0. The molecule has 1 heterocycles. The fourth-order valence-electron chi connectivity index (χ4n) is 2.74. The molecule has 3 aromatic rings. The van der Waals surface area contributed by atoms with Crippen LogP contribution in [0.1, 0.15) is 25.2 Å². The van der Waals surface area contributed by atoms with Crippen LogP contribution in [0, 0.1) is 6.92 Å². The average molecular weight is 397 g/mol. The highest BCUT2D eigenvalue weighted by atomic mass is 32.2. The molecule has 0 aliphatic carbocycles. The van der Waals surface area contributed by atoms with Gasteiger partial charge in [0.25, 0.3) is 0 Å². The molecule has 2 aromatic carbocycles. The number of carbonyl (C=O) groups is 1. The Morgan fingerprint density at radius 1 is 1.07 bits per heavy atom. The van der Waals surface area contributed by atoms with Crippen LogP contribution in [-0.4, -0.2) is 33.0 Å². The maximum atomic E-state index is 12.3. The van der Waals surface area contributed by atoms with Crippen molar-refractivity contribution in [3.63, 3.8) is 0 Å². The van der Waals surface area contributed by atoms with Gasteiger partial charge in [-0.15, -0.1) is 10.2 Å². The zero-order chi connectivity index (χ0) is 19.9. The predicted octanol–water partition coefficient (Wildman–Crippen LogP) is 4.27. The smallest absolute Gasteiger partial charge is 0.234 e. The molecule has 0 radical (unpaired) electrons. The van der Waals surface area contributed by atoms with Crippen molar-refractivity contribution >= 4 is 23.4 Å². The standard InChI is InChI=1S/C21H24N4O2S/c1-4-16-6-10-18(11-7-16)25-15(3)23-24-21(25)28-14-20(26)22-17-8-12-19(13-9-17)27-5-2/h6-13H,4-5,14H2,1-3H3,(H,22,26). The topological polar surface area (TPSA) is 69.0 Å². The molecule has 3 rings (SSSR count). The summed E-state index contributed by atoms with van der Waals surface area (Å²) >= 11 is 1.36. The molecule has 146 valence electrons. The molecule has 7 heteroatoms. The fraction of sp³-hybridized carbons (Fsp3) is 0.286. The minimum Gasteiger partial charge on any atom is -0.494 e. The van der Waals surface area contributed by atoms with Crippen LogP contribution in [0.3, 0.4) is 0 Å². The molecule has 0 saturated carbocycles. The molecule has 0 unspecified atom stereocenters. The van der Waals surface area contributed by atoms with Gasteiger partial charge in [0.15, 0.2) is 5.16 Å². The van der Waals surface area contributed by atoms with Crippen LogP contribution in [0.15, 0.2) is 53.7 Å². The van der Waals surface area contributed by atoms with Crippen LogP contribution in [0.5, 0.6) is 5.75 Å². The largest absolute Gasteiger partial charge is 0.494 e. The van der Waals surface area contributed by atoms with E-state index in [1.54, 1.807) is 0 Å². The Labute approximate surface area is 169 Å². The summed E-state index contributed by atoms with van der Waals surface area (Å²) in [5.41, 5.74) is 3.01. The number of aromatic nitrogens is 3. The van der Waals surface area contributed by atoms with Crippen LogP contribution in [0.25, 0.3) is 5.69 Å². The van der Waals surface area contributed by atoms with Crippen molar-refractivity contribution in [2.24, 2.45) is 0 Å². The van der Waals surface area contributed by atoms with Crippen molar-refractivity contribution in [3.8, 4) is 11.4 Å². The average Bonchev–Trinajstić information content (AvgIpc) is 3.08. The van der Waals surface area contributed by atoms with Gasteiger partial charge in [-0.1, -0.05) is 30.8 Å². The van der Waals surface area contributed by atoms with Crippen LogP contribution in [0.2, 0.25) is 0 Å². The Bertz CT molecular complexity index is 921. The number of amides is 1. The van der Waals surface area contributed by atoms with E-state index in [4.69, 9.17) is 4.74 Å². The minimum atomic E-state index is -0.0947. The molecule has 1 N–H and O–H groups in total. The number of rotatable bonds is 8. The zero-order valence-electron chi connectivity index (χ0n) is 16.3. The number of anilines is 1. The molecule has 1 aromatic heterocycles. The maximum Gasteiger partial charge on any atom is 0.234 e. The molecule has 0 atom stereocenters. The van der Waals surface area contributed by atoms with Crippen LogP contribution >= 0.6 is 11.8 Å². The van der Waals surface area contributed by atoms with Gasteiger partial charge in [0, 0.05) is 11.4 Å². The number of aryl methyl sites for hydroxylation is 2. The Morgan fingerprint density at radius 3 is 2.43 bits per heavy atom. The van der Waals surface area contributed by atoms with Crippen LogP contribution in [-0.2, 0) is 11.2 Å². The minimum absolute atomic E-state index is 0.0947. The predicted molar refractivity (Wildman–Crippen MR) is 112 cm³/mol. The summed E-state index contributed by atoms with van der Waals surface area (Å²) in [6.45, 7) is 6.59. The van der Waals surface area contributed by atoms with Gasteiger partial charge in [-0.2, -0.15) is 0 Å². The van der Waals surface area contributed by atoms with E-state index in [1.807, 2.05) is 42.7 Å². The molecule has 0 aliphatic rings. The summed E-state index contributed by atoms with van der Waals surface area (Å²) in [5.74, 6) is 1.73. The first-order valence-corrected chi connectivity index (χ1v) is 10.3. The summed E-state index contributed by atoms with van der Waals surface area (Å²) in [5, 5.41) is 12.0. The van der Waals surface area contributed by atoms with E-state index in [0.717, 1.165) is 29.4 Å². The molecule has 0 fully saturated rings. The first-order valence-electron chi connectivity index (χ1n) is 9.27. The Hall–Kier alpha value is -2.80. The number of hydrogen-bond donors (Lipinski definition) is 1. The lowest BCUT2D eigenvalue weighted by Gasteiger charge is -2.10. The van der Waals surface area contributed by atoms with E-state index >= 15 is 0 Å². The number of thioether (sulfide) groups is 1. The molecule has 0 aliphatic heterocycles. The molecular formula is C21H24N4O2S. The Kier molecular flexibility index (Phi) is 6.71. The zero-order valence-corrected chi connectivity index (χ0v) is 17.1. The number of benzene rings is 2. The quantitative estimate of drug-likeness (QED) is 0.576. The van der Waals surface area contributed by atoms with Gasteiger partial charge in [0.05, 0.1) is 12.4 Å². The van der Waals surface area contributed by atoms with E-state index in [2.05, 4.69) is 46.7 Å². The summed E-state index contributed by atoms with van der Waals surface area (Å²) in [6, 6.07) is 15.6. The highest BCUT2D eigenvalue weighted by Gasteiger charge is 2.13. The van der Waals surface area contributed by atoms with Crippen LogP contribution < -0.4 is 10.1 Å². The SMILES string of the molecule is CCOc1ccc(NC(=O)CSc2nnc(C)n2-c2ccc(CC)cc2)cc1. The third-order valence-electron chi connectivity index (χ3n) is 4.18. The number of nitrogens with one attached hydrogen (secondary N) is 1. The Morgan fingerprint density at radius 2 is 1.79 bits per heavy atom. The fourth-order valence-corrected chi connectivity index (χ4v) is 3.54. The maximum absolute atomic E-state index is 12.3. The highest BCUT2D eigenvalue weighted by Crippen LogP contribution is 2.23. The second-order valence-electron chi connectivity index (χ2n) is 6.18. The van der Waals surface area contributed by atoms with Gasteiger partial charge in [0.2, 0.25) is 5.91 Å².